The molecule has 0 heterocycles. The first-order valence-corrected chi connectivity index (χ1v) is 5.88. The zero-order valence-corrected chi connectivity index (χ0v) is 10.4. The monoisotopic (exact) mass is 256 g/mol. The van der Waals surface area contributed by atoms with Crippen LogP contribution >= 0.6 is 0 Å². The smallest absolute Gasteiger partial charge is 0.255 e. The van der Waals surface area contributed by atoms with Crippen LogP contribution in [0.2, 0.25) is 0 Å². The molecule has 0 aliphatic rings. The second-order valence-electron chi connectivity index (χ2n) is 4.10. The number of alkyl halides is 2. The van der Waals surface area contributed by atoms with E-state index < -0.39 is 18.9 Å². The molecule has 1 atom stereocenters. The van der Waals surface area contributed by atoms with Crippen LogP contribution in [-0.2, 0) is 4.79 Å². The highest BCUT2D eigenvalue weighted by Crippen LogP contribution is 2.18. The maximum atomic E-state index is 12.4. The molecule has 18 heavy (non-hydrogen) atoms. The molecule has 3 nitrogen and oxygen atoms in total. The van der Waals surface area contributed by atoms with E-state index in [1.807, 2.05) is 30.3 Å². The highest BCUT2D eigenvalue weighted by molar-refractivity contribution is 5.83. The second-order valence-corrected chi connectivity index (χ2v) is 4.10. The summed E-state index contributed by atoms with van der Waals surface area (Å²) in [6.45, 7) is 1.49. The van der Waals surface area contributed by atoms with Gasteiger partial charge in [0.2, 0.25) is 5.91 Å². The van der Waals surface area contributed by atoms with E-state index in [1.165, 1.54) is 0 Å². The minimum Gasteiger partial charge on any atom is -0.335 e. The predicted octanol–water partition coefficient (Wildman–Crippen LogP) is 1.84. The van der Waals surface area contributed by atoms with Gasteiger partial charge in [0.25, 0.3) is 6.43 Å². The van der Waals surface area contributed by atoms with E-state index >= 15 is 0 Å². The lowest BCUT2D eigenvalue weighted by molar-refractivity contribution is -0.134. The summed E-state index contributed by atoms with van der Waals surface area (Å²) in [6.07, 6.45) is -2.54. The molecule has 0 aromatic heterocycles. The Morgan fingerprint density at radius 2 is 1.94 bits per heavy atom. The minimum atomic E-state index is -2.54. The molecule has 5 heteroatoms. The van der Waals surface area contributed by atoms with Crippen LogP contribution in [0, 0.1) is 0 Å². The van der Waals surface area contributed by atoms with Crippen molar-refractivity contribution in [1.82, 2.24) is 4.90 Å². The van der Waals surface area contributed by atoms with Gasteiger partial charge in [-0.25, -0.2) is 8.78 Å². The van der Waals surface area contributed by atoms with E-state index in [-0.39, 0.29) is 19.0 Å². The molecule has 0 aliphatic heterocycles. The van der Waals surface area contributed by atoms with Gasteiger partial charge in [-0.15, -0.1) is 0 Å². The lowest BCUT2D eigenvalue weighted by Crippen LogP contribution is -2.40. The third kappa shape index (κ3) is 4.07. The van der Waals surface area contributed by atoms with Gasteiger partial charge in [-0.1, -0.05) is 30.3 Å². The maximum absolute atomic E-state index is 12.4. The fraction of sp³-hybridized carbons (Fsp3) is 0.462. The topological polar surface area (TPSA) is 46.3 Å². The quantitative estimate of drug-likeness (QED) is 0.844. The van der Waals surface area contributed by atoms with Gasteiger partial charge in [0, 0.05) is 13.1 Å². The summed E-state index contributed by atoms with van der Waals surface area (Å²) in [7, 11) is 0. The number of carbonyl (C=O) groups excluding carboxylic acids is 1. The van der Waals surface area contributed by atoms with Gasteiger partial charge in [0.1, 0.15) is 0 Å². The number of amides is 1. The molecule has 0 fully saturated rings. The van der Waals surface area contributed by atoms with Crippen LogP contribution in [0.5, 0.6) is 0 Å². The lowest BCUT2D eigenvalue weighted by atomic mass is 10.00. The molecule has 1 aromatic carbocycles. The van der Waals surface area contributed by atoms with Crippen molar-refractivity contribution >= 4 is 5.91 Å². The number of nitrogens with zero attached hydrogens (tertiary/aromatic N) is 1. The molecular formula is C13H18F2N2O. The molecule has 1 aromatic rings. The van der Waals surface area contributed by atoms with Gasteiger partial charge in [-0.3, -0.25) is 4.79 Å². The van der Waals surface area contributed by atoms with Crippen LogP contribution in [-0.4, -0.2) is 36.9 Å². The third-order valence-corrected chi connectivity index (χ3v) is 2.74. The Kier molecular flexibility index (Phi) is 5.71. The van der Waals surface area contributed by atoms with E-state index in [2.05, 4.69) is 0 Å². The van der Waals surface area contributed by atoms with Crippen molar-refractivity contribution in [3.63, 3.8) is 0 Å². The van der Waals surface area contributed by atoms with Crippen LogP contribution in [0.25, 0.3) is 0 Å². The highest BCUT2D eigenvalue weighted by Gasteiger charge is 2.23. The molecule has 1 unspecified atom stereocenters. The molecule has 100 valence electrons. The molecule has 0 aliphatic carbocycles. The van der Waals surface area contributed by atoms with Crippen LogP contribution < -0.4 is 5.73 Å². The first kappa shape index (κ1) is 14.6. The fourth-order valence-corrected chi connectivity index (χ4v) is 1.77. The van der Waals surface area contributed by atoms with Crippen LogP contribution in [0.1, 0.15) is 18.4 Å². The van der Waals surface area contributed by atoms with E-state index in [1.54, 1.807) is 6.92 Å². The summed E-state index contributed by atoms with van der Waals surface area (Å²) in [4.78, 5) is 13.2. The Hall–Kier alpha value is -1.49. The highest BCUT2D eigenvalue weighted by atomic mass is 19.3. The molecule has 1 rings (SSSR count). The van der Waals surface area contributed by atoms with E-state index in [4.69, 9.17) is 5.73 Å². The standard InChI is InChI=1S/C13H18F2N2O/c1-10(11-5-3-2-4-6-11)13(18)17(8-7-16)9-12(14)15/h2-6,10,12H,7-9,16H2,1H3. The number of hydrogen-bond donors (Lipinski definition) is 1. The molecule has 0 spiro atoms. The summed E-state index contributed by atoms with van der Waals surface area (Å²) >= 11 is 0. The zero-order valence-electron chi connectivity index (χ0n) is 10.4. The van der Waals surface area contributed by atoms with Gasteiger partial charge >= 0.3 is 0 Å². The van der Waals surface area contributed by atoms with E-state index in [0.717, 1.165) is 10.5 Å². The SMILES string of the molecule is CC(C(=O)N(CCN)CC(F)F)c1ccccc1. The van der Waals surface area contributed by atoms with Gasteiger partial charge in [0.05, 0.1) is 12.5 Å². The molecule has 0 saturated heterocycles. The molecular weight excluding hydrogens is 238 g/mol. The zero-order chi connectivity index (χ0) is 13.5. The molecule has 1 amide bonds. The number of nitrogens with two attached hydrogens (primary N) is 1. The Bertz CT molecular complexity index is 371. The van der Waals surface area contributed by atoms with E-state index in [0.29, 0.717) is 0 Å². The normalized spacial score (nSPS) is 12.5. The summed E-state index contributed by atoms with van der Waals surface area (Å²) in [5, 5.41) is 0. The predicted molar refractivity (Wildman–Crippen MR) is 66.5 cm³/mol. The molecule has 0 bridgehead atoms. The minimum absolute atomic E-state index is 0.153. The third-order valence-electron chi connectivity index (χ3n) is 2.74. The lowest BCUT2D eigenvalue weighted by Gasteiger charge is -2.25. The van der Waals surface area contributed by atoms with Crippen LogP contribution in [0.3, 0.4) is 0 Å². The van der Waals surface area contributed by atoms with E-state index in [9.17, 15) is 13.6 Å². The Labute approximate surface area is 106 Å². The average Bonchev–Trinajstić information content (AvgIpc) is 2.37. The fourth-order valence-electron chi connectivity index (χ4n) is 1.77. The van der Waals surface area contributed by atoms with Crippen molar-refractivity contribution in [3.8, 4) is 0 Å². The molecule has 0 saturated carbocycles. The summed E-state index contributed by atoms with van der Waals surface area (Å²) in [5.74, 6) is -0.747. The molecule has 2 N–H and O–H groups in total. The summed E-state index contributed by atoms with van der Waals surface area (Å²) in [5.41, 5.74) is 6.16. The number of halogens is 2. The Morgan fingerprint density at radius 1 is 1.33 bits per heavy atom. The van der Waals surface area contributed by atoms with Crippen molar-refractivity contribution in [1.29, 1.82) is 0 Å². The summed E-state index contributed by atoms with van der Waals surface area (Å²) < 4.78 is 24.8. The summed E-state index contributed by atoms with van der Waals surface area (Å²) in [6, 6.07) is 9.10. The van der Waals surface area contributed by atoms with Crippen molar-refractivity contribution in [2.24, 2.45) is 5.73 Å². The van der Waals surface area contributed by atoms with Crippen LogP contribution in [0.4, 0.5) is 8.78 Å². The first-order chi connectivity index (χ1) is 8.56. The van der Waals surface area contributed by atoms with Gasteiger partial charge in [0.15, 0.2) is 0 Å². The number of rotatable bonds is 6. The van der Waals surface area contributed by atoms with Crippen molar-refractivity contribution in [3.05, 3.63) is 35.9 Å². The van der Waals surface area contributed by atoms with Crippen molar-refractivity contribution in [2.75, 3.05) is 19.6 Å². The van der Waals surface area contributed by atoms with Crippen molar-refractivity contribution < 1.29 is 13.6 Å². The van der Waals surface area contributed by atoms with Gasteiger partial charge < -0.3 is 10.6 Å². The molecule has 0 radical (unpaired) electrons. The average molecular weight is 256 g/mol. The largest absolute Gasteiger partial charge is 0.335 e. The van der Waals surface area contributed by atoms with Crippen molar-refractivity contribution in [2.45, 2.75) is 19.3 Å². The second kappa shape index (κ2) is 7.06. The Morgan fingerprint density at radius 3 is 2.44 bits per heavy atom. The number of benzene rings is 1. The maximum Gasteiger partial charge on any atom is 0.255 e. The van der Waals surface area contributed by atoms with Gasteiger partial charge in [-0.2, -0.15) is 0 Å². The number of carbonyl (C=O) groups is 1. The number of hydrogen-bond acceptors (Lipinski definition) is 2. The Balaban J connectivity index is 2.76. The van der Waals surface area contributed by atoms with Crippen LogP contribution in [0.15, 0.2) is 30.3 Å². The first-order valence-electron chi connectivity index (χ1n) is 5.88. The van der Waals surface area contributed by atoms with Gasteiger partial charge in [-0.05, 0) is 12.5 Å².